The van der Waals surface area contributed by atoms with Crippen LogP contribution < -0.4 is 15.8 Å². The molecule has 1 unspecified atom stereocenters. The first kappa shape index (κ1) is 14.5. The van der Waals surface area contributed by atoms with E-state index in [2.05, 4.69) is 28.9 Å². The highest BCUT2D eigenvalue weighted by molar-refractivity contribution is 5.93. The van der Waals surface area contributed by atoms with Crippen molar-refractivity contribution in [1.29, 1.82) is 0 Å². The molecule has 1 aliphatic rings. The van der Waals surface area contributed by atoms with E-state index in [0.717, 1.165) is 6.42 Å². The van der Waals surface area contributed by atoms with E-state index in [1.165, 1.54) is 18.2 Å². The lowest BCUT2D eigenvalue weighted by Gasteiger charge is -2.14. The molecular formula is C13H16F3N3O. The third-order valence-electron chi connectivity index (χ3n) is 3.13. The molecule has 110 valence electrons. The molecular weight excluding hydrogens is 271 g/mol. The lowest BCUT2D eigenvalue weighted by atomic mass is 10.2. The predicted molar refractivity (Wildman–Crippen MR) is 70.6 cm³/mol. The molecule has 0 spiro atoms. The number of rotatable bonds is 3. The lowest BCUT2D eigenvalue weighted by molar-refractivity contribution is -0.274. The van der Waals surface area contributed by atoms with Gasteiger partial charge in [0.15, 0.2) is 11.7 Å². The zero-order chi connectivity index (χ0) is 15.0. The number of alkyl halides is 3. The molecule has 4 nitrogen and oxygen atoms in total. The fourth-order valence-electron chi connectivity index (χ4n) is 1.78. The molecule has 1 aromatic carbocycles. The van der Waals surface area contributed by atoms with Gasteiger partial charge in [0.05, 0.1) is 11.7 Å². The Kier molecular flexibility index (Phi) is 3.54. The number of ether oxygens (including phenoxy) is 1. The summed E-state index contributed by atoms with van der Waals surface area (Å²) >= 11 is 0. The number of halogens is 3. The summed E-state index contributed by atoms with van der Waals surface area (Å²) in [5, 5.41) is 2.64. The van der Waals surface area contributed by atoms with Crippen molar-refractivity contribution in [3.05, 3.63) is 24.3 Å². The average Bonchev–Trinajstić information content (AvgIpc) is 2.86. The molecule has 0 aliphatic heterocycles. The Morgan fingerprint density at radius 3 is 2.55 bits per heavy atom. The SMILES string of the molecule is CC1(C)CC1N=C(N)Nc1ccccc1OC(F)(F)F. The van der Waals surface area contributed by atoms with Crippen LogP contribution in [0.3, 0.4) is 0 Å². The summed E-state index contributed by atoms with van der Waals surface area (Å²) in [6.45, 7) is 4.10. The Hall–Kier alpha value is -1.92. The maximum atomic E-state index is 12.3. The smallest absolute Gasteiger partial charge is 0.404 e. The molecule has 2 rings (SSSR count). The highest BCUT2D eigenvalue weighted by Crippen LogP contribution is 2.47. The standard InChI is InChI=1S/C13H16F3N3O/c1-12(2)7-10(12)19-11(17)18-8-5-3-4-6-9(8)20-13(14,15)16/h3-6,10H,7H2,1-2H3,(H3,17,18,19). The Morgan fingerprint density at radius 1 is 1.40 bits per heavy atom. The summed E-state index contributed by atoms with van der Waals surface area (Å²) < 4.78 is 40.7. The van der Waals surface area contributed by atoms with Gasteiger partial charge in [-0.25, -0.2) is 4.99 Å². The van der Waals surface area contributed by atoms with Crippen LogP contribution >= 0.6 is 0 Å². The van der Waals surface area contributed by atoms with E-state index >= 15 is 0 Å². The maximum Gasteiger partial charge on any atom is 0.573 e. The minimum atomic E-state index is -4.75. The first-order valence-electron chi connectivity index (χ1n) is 6.12. The van der Waals surface area contributed by atoms with Gasteiger partial charge >= 0.3 is 6.36 Å². The third kappa shape index (κ3) is 3.79. The summed E-state index contributed by atoms with van der Waals surface area (Å²) in [6, 6.07) is 5.79. The maximum absolute atomic E-state index is 12.3. The van der Waals surface area contributed by atoms with Crippen molar-refractivity contribution in [2.24, 2.45) is 16.1 Å². The van der Waals surface area contributed by atoms with Gasteiger partial charge in [-0.3, -0.25) is 0 Å². The van der Waals surface area contributed by atoms with E-state index < -0.39 is 6.36 Å². The molecule has 1 fully saturated rings. The molecule has 20 heavy (non-hydrogen) atoms. The number of hydrogen-bond donors (Lipinski definition) is 2. The molecule has 0 bridgehead atoms. The molecule has 1 aliphatic carbocycles. The second-order valence-electron chi connectivity index (χ2n) is 5.39. The quantitative estimate of drug-likeness (QED) is 0.663. The van der Waals surface area contributed by atoms with Gasteiger partial charge in [0.25, 0.3) is 0 Å². The first-order valence-corrected chi connectivity index (χ1v) is 6.12. The molecule has 0 heterocycles. The lowest BCUT2D eigenvalue weighted by Crippen LogP contribution is -2.25. The number of guanidine groups is 1. The molecule has 1 aromatic rings. The summed E-state index contributed by atoms with van der Waals surface area (Å²) in [5.41, 5.74) is 5.94. The topological polar surface area (TPSA) is 59.6 Å². The van der Waals surface area contributed by atoms with Crippen molar-refractivity contribution >= 4 is 11.6 Å². The number of nitrogens with one attached hydrogen (secondary N) is 1. The van der Waals surface area contributed by atoms with Crippen molar-refractivity contribution in [2.45, 2.75) is 32.7 Å². The van der Waals surface area contributed by atoms with Crippen LogP contribution in [0.4, 0.5) is 18.9 Å². The normalized spacial score (nSPS) is 21.4. The summed E-state index contributed by atoms with van der Waals surface area (Å²) in [7, 11) is 0. The molecule has 0 aromatic heterocycles. The number of para-hydroxylation sites is 2. The second kappa shape index (κ2) is 4.88. The van der Waals surface area contributed by atoms with E-state index in [-0.39, 0.29) is 28.9 Å². The summed E-state index contributed by atoms with van der Waals surface area (Å²) in [5.74, 6) is -0.257. The van der Waals surface area contributed by atoms with Crippen LogP contribution in [0.25, 0.3) is 0 Å². The van der Waals surface area contributed by atoms with Gasteiger partial charge in [0.2, 0.25) is 0 Å². The molecule has 7 heteroatoms. The third-order valence-corrected chi connectivity index (χ3v) is 3.13. The molecule has 1 atom stereocenters. The molecule has 0 radical (unpaired) electrons. The van der Waals surface area contributed by atoms with Gasteiger partial charge in [0.1, 0.15) is 0 Å². The van der Waals surface area contributed by atoms with E-state index in [1.54, 1.807) is 6.07 Å². The van der Waals surface area contributed by atoms with Crippen LogP contribution in [-0.4, -0.2) is 18.4 Å². The highest BCUT2D eigenvalue weighted by Gasteiger charge is 2.46. The minimum Gasteiger partial charge on any atom is -0.404 e. The number of aliphatic imine (C=N–C) groups is 1. The van der Waals surface area contributed by atoms with Crippen LogP contribution in [0.2, 0.25) is 0 Å². The van der Waals surface area contributed by atoms with Crippen LogP contribution in [0.1, 0.15) is 20.3 Å². The minimum absolute atomic E-state index is 0.0822. The number of nitrogens with zero attached hydrogens (tertiary/aromatic N) is 1. The van der Waals surface area contributed by atoms with Crippen molar-refractivity contribution in [3.8, 4) is 5.75 Å². The Balaban J connectivity index is 2.09. The summed E-state index contributed by atoms with van der Waals surface area (Å²) in [4.78, 5) is 4.22. The van der Waals surface area contributed by atoms with E-state index in [1.807, 2.05) is 0 Å². The molecule has 0 saturated heterocycles. The van der Waals surface area contributed by atoms with E-state index in [0.29, 0.717) is 0 Å². The average molecular weight is 287 g/mol. The summed E-state index contributed by atoms with van der Waals surface area (Å²) in [6.07, 6.45) is -3.84. The highest BCUT2D eigenvalue weighted by atomic mass is 19.4. The van der Waals surface area contributed by atoms with Gasteiger partial charge < -0.3 is 15.8 Å². The van der Waals surface area contributed by atoms with Crippen LogP contribution in [0.5, 0.6) is 5.75 Å². The van der Waals surface area contributed by atoms with Gasteiger partial charge in [0, 0.05) is 0 Å². The Morgan fingerprint density at radius 2 is 2.00 bits per heavy atom. The molecule has 0 amide bonds. The largest absolute Gasteiger partial charge is 0.573 e. The van der Waals surface area contributed by atoms with Crippen LogP contribution in [-0.2, 0) is 0 Å². The Labute approximate surface area is 114 Å². The van der Waals surface area contributed by atoms with E-state index in [4.69, 9.17) is 5.73 Å². The second-order valence-corrected chi connectivity index (χ2v) is 5.39. The predicted octanol–water partition coefficient (Wildman–Crippen LogP) is 3.11. The molecule has 3 N–H and O–H groups in total. The number of anilines is 1. The van der Waals surface area contributed by atoms with Gasteiger partial charge in [-0.2, -0.15) is 0 Å². The zero-order valence-corrected chi connectivity index (χ0v) is 11.2. The van der Waals surface area contributed by atoms with Crippen LogP contribution in [0, 0.1) is 5.41 Å². The van der Waals surface area contributed by atoms with Gasteiger partial charge in [-0.15, -0.1) is 13.2 Å². The number of hydrogen-bond acceptors (Lipinski definition) is 2. The molecule has 1 saturated carbocycles. The van der Waals surface area contributed by atoms with Crippen LogP contribution in [0.15, 0.2) is 29.3 Å². The van der Waals surface area contributed by atoms with Gasteiger partial charge in [-0.05, 0) is 24.0 Å². The van der Waals surface area contributed by atoms with Gasteiger partial charge in [-0.1, -0.05) is 26.0 Å². The first-order chi connectivity index (χ1) is 9.17. The van der Waals surface area contributed by atoms with Crippen molar-refractivity contribution in [3.63, 3.8) is 0 Å². The van der Waals surface area contributed by atoms with E-state index in [9.17, 15) is 13.2 Å². The number of nitrogens with two attached hydrogens (primary N) is 1. The number of benzene rings is 1. The Bertz CT molecular complexity index is 526. The fourth-order valence-corrected chi connectivity index (χ4v) is 1.78. The van der Waals surface area contributed by atoms with Crippen molar-refractivity contribution < 1.29 is 17.9 Å². The van der Waals surface area contributed by atoms with Crippen molar-refractivity contribution in [2.75, 3.05) is 5.32 Å². The fraction of sp³-hybridized carbons (Fsp3) is 0.462. The monoisotopic (exact) mass is 287 g/mol. The van der Waals surface area contributed by atoms with Crippen molar-refractivity contribution in [1.82, 2.24) is 0 Å². The zero-order valence-electron chi connectivity index (χ0n) is 11.2.